The number of carbonyl (C=O) groups is 1. The van der Waals surface area contributed by atoms with E-state index in [1.165, 1.54) is 12.1 Å². The molecule has 7 heteroatoms. The molecular weight excluding hydrogens is 366 g/mol. The number of benzene rings is 3. The molecule has 134 valence electrons. The third-order valence-corrected chi connectivity index (χ3v) is 4.68. The normalized spacial score (nSPS) is 15.8. The summed E-state index contributed by atoms with van der Waals surface area (Å²) in [4.78, 5) is 25.5. The molecular formula is C20H14ClN3O3. The van der Waals surface area contributed by atoms with Gasteiger partial charge in [-0.1, -0.05) is 35.9 Å². The number of hydrogen-bond acceptors (Lipinski definition) is 4. The standard InChI is InChI=1S/C20H14ClN3O3/c21-14-8-10-15(11-9-14)23-19(13-4-3-5-16(12-13)24(26)27)22-18-7-2-1-6-17(18)20(23)25/h1-12,19,22H/t19-/m0/s1. The van der Waals surface area contributed by atoms with Crippen molar-refractivity contribution in [1.82, 2.24) is 0 Å². The van der Waals surface area contributed by atoms with Crippen LogP contribution in [0, 0.1) is 10.1 Å². The minimum Gasteiger partial charge on any atom is -0.360 e. The van der Waals surface area contributed by atoms with E-state index in [9.17, 15) is 14.9 Å². The van der Waals surface area contributed by atoms with Crippen LogP contribution < -0.4 is 10.2 Å². The number of hydrogen-bond donors (Lipinski definition) is 1. The van der Waals surface area contributed by atoms with Crippen molar-refractivity contribution in [3.8, 4) is 0 Å². The Morgan fingerprint density at radius 1 is 1.00 bits per heavy atom. The number of carbonyl (C=O) groups excluding carboxylic acids is 1. The Bertz CT molecular complexity index is 1040. The highest BCUT2D eigenvalue weighted by molar-refractivity contribution is 6.30. The zero-order valence-electron chi connectivity index (χ0n) is 14.0. The number of amides is 1. The van der Waals surface area contributed by atoms with E-state index in [1.807, 2.05) is 12.1 Å². The number of para-hydroxylation sites is 1. The second-order valence-corrected chi connectivity index (χ2v) is 6.53. The van der Waals surface area contributed by atoms with Crippen molar-refractivity contribution in [2.24, 2.45) is 0 Å². The van der Waals surface area contributed by atoms with Crippen molar-refractivity contribution in [2.75, 3.05) is 10.2 Å². The molecule has 3 aromatic rings. The fourth-order valence-corrected chi connectivity index (χ4v) is 3.29. The van der Waals surface area contributed by atoms with Crippen LogP contribution in [-0.2, 0) is 0 Å². The van der Waals surface area contributed by atoms with Crippen LogP contribution in [0.1, 0.15) is 22.1 Å². The van der Waals surface area contributed by atoms with Gasteiger partial charge in [-0.25, -0.2) is 0 Å². The minimum absolute atomic E-state index is 0.0309. The van der Waals surface area contributed by atoms with Crippen molar-refractivity contribution in [3.63, 3.8) is 0 Å². The minimum atomic E-state index is -0.589. The van der Waals surface area contributed by atoms with Crippen LogP contribution in [0.15, 0.2) is 72.8 Å². The van der Waals surface area contributed by atoms with Gasteiger partial charge >= 0.3 is 0 Å². The van der Waals surface area contributed by atoms with E-state index >= 15 is 0 Å². The number of rotatable bonds is 3. The van der Waals surface area contributed by atoms with E-state index in [-0.39, 0.29) is 11.6 Å². The van der Waals surface area contributed by atoms with Crippen molar-refractivity contribution < 1.29 is 9.72 Å². The molecule has 0 radical (unpaired) electrons. The Labute approximate surface area is 160 Å². The van der Waals surface area contributed by atoms with Crippen LogP contribution in [-0.4, -0.2) is 10.8 Å². The molecule has 1 N–H and O–H groups in total. The van der Waals surface area contributed by atoms with Gasteiger partial charge in [-0.05, 0) is 36.4 Å². The third kappa shape index (κ3) is 3.11. The van der Waals surface area contributed by atoms with Gasteiger partial charge in [0.15, 0.2) is 0 Å². The summed E-state index contributed by atoms with van der Waals surface area (Å²) in [6.45, 7) is 0. The molecule has 0 saturated carbocycles. The summed E-state index contributed by atoms with van der Waals surface area (Å²) < 4.78 is 0. The molecule has 0 spiro atoms. The van der Waals surface area contributed by atoms with E-state index < -0.39 is 11.1 Å². The first-order valence-electron chi connectivity index (χ1n) is 8.23. The molecule has 0 aliphatic carbocycles. The lowest BCUT2D eigenvalue weighted by Crippen LogP contribution is -2.43. The maximum atomic E-state index is 13.2. The highest BCUT2D eigenvalue weighted by Crippen LogP contribution is 2.37. The van der Waals surface area contributed by atoms with Gasteiger partial charge in [-0.3, -0.25) is 19.8 Å². The lowest BCUT2D eigenvalue weighted by Gasteiger charge is -2.38. The molecule has 1 amide bonds. The van der Waals surface area contributed by atoms with Crippen molar-refractivity contribution in [3.05, 3.63) is 99.1 Å². The van der Waals surface area contributed by atoms with Gasteiger partial charge in [0.2, 0.25) is 0 Å². The molecule has 1 aliphatic rings. The second kappa shape index (κ2) is 6.74. The highest BCUT2D eigenvalue weighted by atomic mass is 35.5. The lowest BCUT2D eigenvalue weighted by atomic mass is 10.0. The van der Waals surface area contributed by atoms with E-state index in [1.54, 1.807) is 53.4 Å². The van der Waals surface area contributed by atoms with E-state index in [0.717, 1.165) is 0 Å². The number of nitrogens with one attached hydrogen (secondary N) is 1. The molecule has 0 bridgehead atoms. The Morgan fingerprint density at radius 3 is 2.48 bits per heavy atom. The predicted molar refractivity (Wildman–Crippen MR) is 104 cm³/mol. The summed E-state index contributed by atoms with van der Waals surface area (Å²) in [5, 5.41) is 15.1. The smallest absolute Gasteiger partial charge is 0.269 e. The number of nitro groups is 1. The first kappa shape index (κ1) is 17.1. The average Bonchev–Trinajstić information content (AvgIpc) is 2.69. The largest absolute Gasteiger partial charge is 0.360 e. The van der Waals surface area contributed by atoms with Crippen LogP contribution in [0.25, 0.3) is 0 Å². The molecule has 27 heavy (non-hydrogen) atoms. The zero-order valence-corrected chi connectivity index (χ0v) is 14.8. The number of nitrogens with zero attached hydrogens (tertiary/aromatic N) is 2. The summed E-state index contributed by atoms with van der Waals surface area (Å²) in [5.74, 6) is -0.192. The van der Waals surface area contributed by atoms with Gasteiger partial charge in [0.05, 0.1) is 10.5 Å². The number of halogens is 1. The highest BCUT2D eigenvalue weighted by Gasteiger charge is 2.34. The monoisotopic (exact) mass is 379 g/mol. The molecule has 3 aromatic carbocycles. The Morgan fingerprint density at radius 2 is 1.74 bits per heavy atom. The lowest BCUT2D eigenvalue weighted by molar-refractivity contribution is -0.384. The SMILES string of the molecule is O=C1c2ccccc2N[C@H](c2cccc([N+](=O)[O-])c2)N1c1ccc(Cl)cc1. The van der Waals surface area contributed by atoms with Crippen molar-refractivity contribution in [1.29, 1.82) is 0 Å². The molecule has 4 rings (SSSR count). The van der Waals surface area contributed by atoms with E-state index in [0.29, 0.717) is 27.5 Å². The Kier molecular flexibility index (Phi) is 4.25. The number of fused-ring (bicyclic) bond motifs is 1. The third-order valence-electron chi connectivity index (χ3n) is 4.43. The maximum Gasteiger partial charge on any atom is 0.269 e. The predicted octanol–water partition coefficient (Wildman–Crippen LogP) is 5.02. The molecule has 1 atom stereocenters. The maximum absolute atomic E-state index is 13.2. The van der Waals surface area contributed by atoms with Crippen molar-refractivity contribution >= 4 is 34.6 Å². The summed E-state index contributed by atoms with van der Waals surface area (Å²) in [6.07, 6.45) is -0.589. The van der Waals surface area contributed by atoms with E-state index in [2.05, 4.69) is 5.32 Å². The Hall–Kier alpha value is -3.38. The fraction of sp³-hybridized carbons (Fsp3) is 0.0500. The summed E-state index contributed by atoms with van der Waals surface area (Å²) >= 11 is 5.98. The van der Waals surface area contributed by atoms with Gasteiger partial charge in [0.1, 0.15) is 6.17 Å². The van der Waals surface area contributed by atoms with Crippen LogP contribution >= 0.6 is 11.6 Å². The molecule has 6 nitrogen and oxygen atoms in total. The zero-order chi connectivity index (χ0) is 19.0. The molecule has 1 heterocycles. The average molecular weight is 380 g/mol. The van der Waals surface area contributed by atoms with Crippen molar-refractivity contribution in [2.45, 2.75) is 6.17 Å². The van der Waals surface area contributed by atoms with Crippen LogP contribution in [0.2, 0.25) is 5.02 Å². The second-order valence-electron chi connectivity index (χ2n) is 6.10. The fourth-order valence-electron chi connectivity index (χ4n) is 3.16. The summed E-state index contributed by atoms with van der Waals surface area (Å²) in [6, 6.07) is 20.4. The number of anilines is 2. The van der Waals surface area contributed by atoms with Crippen LogP contribution in [0.4, 0.5) is 17.1 Å². The summed E-state index contributed by atoms with van der Waals surface area (Å²) in [7, 11) is 0. The molecule has 0 fully saturated rings. The van der Waals surface area contributed by atoms with Gasteiger partial charge < -0.3 is 5.32 Å². The van der Waals surface area contributed by atoms with Gasteiger partial charge in [0, 0.05) is 34.1 Å². The molecule has 1 aliphatic heterocycles. The topological polar surface area (TPSA) is 75.5 Å². The van der Waals surface area contributed by atoms with Crippen LogP contribution in [0.5, 0.6) is 0 Å². The first-order chi connectivity index (χ1) is 13.0. The molecule has 0 unspecified atom stereocenters. The molecule has 0 saturated heterocycles. The van der Waals surface area contributed by atoms with E-state index in [4.69, 9.17) is 11.6 Å². The number of non-ortho nitro benzene ring substituents is 1. The quantitative estimate of drug-likeness (QED) is 0.512. The first-order valence-corrected chi connectivity index (χ1v) is 8.61. The number of nitro benzene ring substituents is 1. The Balaban J connectivity index is 1.86. The molecule has 0 aromatic heterocycles. The van der Waals surface area contributed by atoms with Crippen LogP contribution in [0.3, 0.4) is 0 Å². The van der Waals surface area contributed by atoms with Gasteiger partial charge in [-0.2, -0.15) is 0 Å². The van der Waals surface area contributed by atoms with Gasteiger partial charge in [-0.15, -0.1) is 0 Å². The summed E-state index contributed by atoms with van der Waals surface area (Å²) in [5.41, 5.74) is 2.44. The van der Waals surface area contributed by atoms with Gasteiger partial charge in [0.25, 0.3) is 11.6 Å².